The molecule has 0 fully saturated rings. The number of hydrogen-bond acceptors (Lipinski definition) is 2. The van der Waals surface area contributed by atoms with E-state index >= 15 is 0 Å². The van der Waals surface area contributed by atoms with E-state index in [0.717, 1.165) is 17.0 Å². The number of hydrogen-bond donors (Lipinski definition) is 1. The maximum atomic E-state index is 13.2. The number of halogens is 2. The van der Waals surface area contributed by atoms with Crippen LogP contribution in [-0.4, -0.2) is 9.78 Å². The van der Waals surface area contributed by atoms with Gasteiger partial charge in [0.2, 0.25) is 0 Å². The lowest BCUT2D eigenvalue weighted by Gasteiger charge is -2.06. The minimum Gasteiger partial charge on any atom is -0.399 e. The van der Waals surface area contributed by atoms with Gasteiger partial charge in [-0.05, 0) is 37.6 Å². The van der Waals surface area contributed by atoms with Crippen LogP contribution >= 0.6 is 11.6 Å². The summed E-state index contributed by atoms with van der Waals surface area (Å²) in [7, 11) is 0. The molecule has 0 saturated heterocycles. The summed E-state index contributed by atoms with van der Waals surface area (Å²) in [6.07, 6.45) is 0. The van der Waals surface area contributed by atoms with Crippen molar-refractivity contribution in [2.24, 2.45) is 0 Å². The fourth-order valence-corrected chi connectivity index (χ4v) is 1.90. The van der Waals surface area contributed by atoms with Crippen molar-refractivity contribution in [1.82, 2.24) is 9.78 Å². The zero-order chi connectivity index (χ0) is 12.6. The van der Waals surface area contributed by atoms with Crippen LogP contribution in [0.15, 0.2) is 18.2 Å². The third kappa shape index (κ3) is 2.42. The molecule has 2 aromatic rings. The summed E-state index contributed by atoms with van der Waals surface area (Å²) in [5.41, 5.74) is 8.41. The van der Waals surface area contributed by atoms with Crippen molar-refractivity contribution in [1.29, 1.82) is 0 Å². The standard InChI is InChI=1S/C12H13ClFN3/c1-7-12(13)8(2)17(16-7)6-9-3-10(14)5-11(15)4-9/h3-5H,6,15H2,1-2H3. The van der Waals surface area contributed by atoms with Crippen molar-refractivity contribution in [2.75, 3.05) is 5.73 Å². The number of nitrogens with zero attached hydrogens (tertiary/aromatic N) is 2. The Morgan fingerprint density at radius 1 is 1.35 bits per heavy atom. The number of benzene rings is 1. The lowest BCUT2D eigenvalue weighted by atomic mass is 10.2. The summed E-state index contributed by atoms with van der Waals surface area (Å²) in [5.74, 6) is -0.340. The highest BCUT2D eigenvalue weighted by Gasteiger charge is 2.09. The van der Waals surface area contributed by atoms with Crippen molar-refractivity contribution >= 4 is 17.3 Å². The number of aromatic nitrogens is 2. The number of nitrogens with two attached hydrogens (primary N) is 1. The molecule has 0 radical (unpaired) electrons. The molecule has 3 nitrogen and oxygen atoms in total. The van der Waals surface area contributed by atoms with Gasteiger partial charge in [-0.1, -0.05) is 11.6 Å². The molecule has 1 aromatic carbocycles. The molecule has 0 atom stereocenters. The molecule has 0 amide bonds. The Kier molecular flexibility index (Phi) is 3.07. The second-order valence-corrected chi connectivity index (χ2v) is 4.41. The molecule has 2 rings (SSSR count). The summed E-state index contributed by atoms with van der Waals surface area (Å²) in [5, 5.41) is 4.93. The topological polar surface area (TPSA) is 43.8 Å². The maximum Gasteiger partial charge on any atom is 0.125 e. The molecule has 17 heavy (non-hydrogen) atoms. The monoisotopic (exact) mass is 253 g/mol. The van der Waals surface area contributed by atoms with Gasteiger partial charge in [0.25, 0.3) is 0 Å². The Hall–Kier alpha value is -1.55. The van der Waals surface area contributed by atoms with E-state index in [4.69, 9.17) is 17.3 Å². The molecule has 0 unspecified atom stereocenters. The van der Waals surface area contributed by atoms with Gasteiger partial charge < -0.3 is 5.73 Å². The normalized spacial score (nSPS) is 10.8. The van der Waals surface area contributed by atoms with E-state index in [-0.39, 0.29) is 5.82 Å². The van der Waals surface area contributed by atoms with Crippen LogP contribution in [0.25, 0.3) is 0 Å². The van der Waals surface area contributed by atoms with E-state index in [1.54, 1.807) is 10.7 Å². The van der Waals surface area contributed by atoms with Gasteiger partial charge in [-0.2, -0.15) is 5.10 Å². The van der Waals surface area contributed by atoms with Gasteiger partial charge in [-0.3, -0.25) is 4.68 Å². The van der Waals surface area contributed by atoms with Crippen LogP contribution in [0.5, 0.6) is 0 Å². The molecule has 0 aliphatic carbocycles. The summed E-state index contributed by atoms with van der Waals surface area (Å²) in [6, 6.07) is 4.46. The Morgan fingerprint density at radius 2 is 2.06 bits per heavy atom. The van der Waals surface area contributed by atoms with Gasteiger partial charge in [-0.25, -0.2) is 4.39 Å². The molecular formula is C12H13ClFN3. The maximum absolute atomic E-state index is 13.2. The molecular weight excluding hydrogens is 241 g/mol. The molecule has 1 heterocycles. The Balaban J connectivity index is 2.34. The lowest BCUT2D eigenvalue weighted by Crippen LogP contribution is -2.05. The molecule has 1 aromatic heterocycles. The molecule has 90 valence electrons. The molecule has 5 heteroatoms. The molecule has 0 bridgehead atoms. The Labute approximate surface area is 104 Å². The lowest BCUT2D eigenvalue weighted by molar-refractivity contribution is 0.616. The van der Waals surface area contributed by atoms with Crippen LogP contribution in [0.4, 0.5) is 10.1 Å². The van der Waals surface area contributed by atoms with E-state index in [1.165, 1.54) is 12.1 Å². The van der Waals surface area contributed by atoms with E-state index in [9.17, 15) is 4.39 Å². The molecule has 0 aliphatic heterocycles. The predicted octanol–water partition coefficient (Wildman–Crippen LogP) is 2.92. The molecule has 0 saturated carbocycles. The molecule has 2 N–H and O–H groups in total. The highest BCUT2D eigenvalue weighted by molar-refractivity contribution is 6.31. The van der Waals surface area contributed by atoms with Crippen LogP contribution in [0, 0.1) is 19.7 Å². The smallest absolute Gasteiger partial charge is 0.125 e. The minimum absolute atomic E-state index is 0.340. The Morgan fingerprint density at radius 3 is 2.59 bits per heavy atom. The van der Waals surface area contributed by atoms with Crippen LogP contribution in [-0.2, 0) is 6.54 Å². The first kappa shape index (κ1) is 11.9. The highest BCUT2D eigenvalue weighted by atomic mass is 35.5. The van der Waals surface area contributed by atoms with Crippen LogP contribution < -0.4 is 5.73 Å². The number of rotatable bonds is 2. The van der Waals surface area contributed by atoms with Gasteiger partial charge in [0, 0.05) is 5.69 Å². The first-order valence-corrected chi connectivity index (χ1v) is 5.59. The zero-order valence-electron chi connectivity index (χ0n) is 9.67. The fraction of sp³-hybridized carbons (Fsp3) is 0.250. The van der Waals surface area contributed by atoms with Crippen molar-refractivity contribution in [3.63, 3.8) is 0 Å². The average molecular weight is 254 g/mol. The summed E-state index contributed by atoms with van der Waals surface area (Å²) in [4.78, 5) is 0. The van der Waals surface area contributed by atoms with E-state index in [2.05, 4.69) is 5.10 Å². The second kappa shape index (κ2) is 4.37. The minimum atomic E-state index is -0.340. The van der Waals surface area contributed by atoms with Crippen LogP contribution in [0.1, 0.15) is 17.0 Å². The predicted molar refractivity (Wildman–Crippen MR) is 66.6 cm³/mol. The van der Waals surface area contributed by atoms with E-state index < -0.39 is 0 Å². The summed E-state index contributed by atoms with van der Waals surface area (Å²) < 4.78 is 14.9. The third-order valence-electron chi connectivity index (χ3n) is 2.61. The summed E-state index contributed by atoms with van der Waals surface area (Å²) >= 11 is 6.05. The highest BCUT2D eigenvalue weighted by Crippen LogP contribution is 2.20. The van der Waals surface area contributed by atoms with Gasteiger partial charge in [0.05, 0.1) is 23.0 Å². The number of anilines is 1. The van der Waals surface area contributed by atoms with Gasteiger partial charge in [0.1, 0.15) is 5.82 Å². The molecule has 0 spiro atoms. The number of nitrogen functional groups attached to an aromatic ring is 1. The average Bonchev–Trinajstić information content (AvgIpc) is 2.45. The Bertz CT molecular complexity index is 543. The van der Waals surface area contributed by atoms with Gasteiger partial charge in [0.15, 0.2) is 0 Å². The zero-order valence-corrected chi connectivity index (χ0v) is 10.4. The van der Waals surface area contributed by atoms with Crippen LogP contribution in [0.2, 0.25) is 5.02 Å². The molecule has 0 aliphatic rings. The van der Waals surface area contributed by atoms with Crippen molar-refractivity contribution in [2.45, 2.75) is 20.4 Å². The van der Waals surface area contributed by atoms with Gasteiger partial charge >= 0.3 is 0 Å². The van der Waals surface area contributed by atoms with Gasteiger partial charge in [-0.15, -0.1) is 0 Å². The third-order valence-corrected chi connectivity index (χ3v) is 3.15. The largest absolute Gasteiger partial charge is 0.399 e. The second-order valence-electron chi connectivity index (χ2n) is 4.04. The van der Waals surface area contributed by atoms with Crippen LogP contribution in [0.3, 0.4) is 0 Å². The van der Waals surface area contributed by atoms with E-state index in [0.29, 0.717) is 17.3 Å². The summed E-state index contributed by atoms with van der Waals surface area (Å²) in [6.45, 7) is 4.18. The SMILES string of the molecule is Cc1nn(Cc2cc(N)cc(F)c2)c(C)c1Cl. The van der Waals surface area contributed by atoms with Crippen molar-refractivity contribution < 1.29 is 4.39 Å². The quantitative estimate of drug-likeness (QED) is 0.837. The fourth-order valence-electron chi connectivity index (χ4n) is 1.77. The number of aryl methyl sites for hydroxylation is 1. The first-order chi connectivity index (χ1) is 7.97. The van der Waals surface area contributed by atoms with Crippen molar-refractivity contribution in [3.8, 4) is 0 Å². The van der Waals surface area contributed by atoms with E-state index in [1.807, 2.05) is 13.8 Å². The van der Waals surface area contributed by atoms with Crippen molar-refractivity contribution in [3.05, 3.63) is 46.0 Å². The first-order valence-electron chi connectivity index (χ1n) is 5.22.